The first kappa shape index (κ1) is 20.1. The first-order chi connectivity index (χ1) is 16.1. The van der Waals surface area contributed by atoms with Gasteiger partial charge in [0, 0.05) is 23.3 Å². The summed E-state index contributed by atoms with van der Waals surface area (Å²) in [6.07, 6.45) is 1.67. The summed E-state index contributed by atoms with van der Waals surface area (Å²) < 4.78 is 5.93. The number of nitro groups is 1. The zero-order chi connectivity index (χ0) is 22.8. The van der Waals surface area contributed by atoms with Crippen LogP contribution in [0.3, 0.4) is 0 Å². The van der Waals surface area contributed by atoms with E-state index in [1.165, 1.54) is 17.1 Å². The highest BCUT2D eigenvalue weighted by molar-refractivity contribution is 6.37. The molecule has 1 aliphatic heterocycles. The van der Waals surface area contributed by atoms with Gasteiger partial charge in [0.25, 0.3) is 11.6 Å². The molecule has 5 rings (SSSR count). The van der Waals surface area contributed by atoms with Crippen LogP contribution in [-0.4, -0.2) is 16.5 Å². The van der Waals surface area contributed by atoms with Crippen molar-refractivity contribution in [2.24, 2.45) is 5.10 Å². The lowest BCUT2D eigenvalue weighted by atomic mass is 10.0. The molecular weight excluding hydrogens is 418 g/mol. The van der Waals surface area contributed by atoms with Crippen LogP contribution in [0.5, 0.6) is 0 Å². The lowest BCUT2D eigenvalue weighted by Gasteiger charge is -2.10. The number of para-hydroxylation sites is 1. The number of hydrazone groups is 1. The fourth-order valence-electron chi connectivity index (χ4n) is 3.57. The van der Waals surface area contributed by atoms with Gasteiger partial charge in [-0.3, -0.25) is 14.9 Å². The second-order valence-electron chi connectivity index (χ2n) is 7.33. The molecule has 0 aliphatic carbocycles. The van der Waals surface area contributed by atoms with Crippen LogP contribution in [-0.2, 0) is 4.79 Å². The average Bonchev–Trinajstić information content (AvgIpc) is 3.45. The third-order valence-electron chi connectivity index (χ3n) is 5.20. The monoisotopic (exact) mass is 435 g/mol. The van der Waals surface area contributed by atoms with Crippen LogP contribution in [0.4, 0.5) is 11.4 Å². The zero-order valence-electron chi connectivity index (χ0n) is 17.3. The summed E-state index contributed by atoms with van der Waals surface area (Å²) >= 11 is 0. The Balaban J connectivity index is 1.52. The summed E-state index contributed by atoms with van der Waals surface area (Å²) in [5.41, 5.74) is 3.16. The molecule has 1 aromatic heterocycles. The number of anilines is 1. The van der Waals surface area contributed by atoms with Crippen LogP contribution in [0.25, 0.3) is 17.4 Å². The predicted molar refractivity (Wildman–Crippen MR) is 126 cm³/mol. The van der Waals surface area contributed by atoms with Crippen molar-refractivity contribution in [1.82, 2.24) is 0 Å². The van der Waals surface area contributed by atoms with Crippen LogP contribution in [0.2, 0.25) is 0 Å². The van der Waals surface area contributed by atoms with Gasteiger partial charge in [0.2, 0.25) is 0 Å². The first-order valence-corrected chi connectivity index (χ1v) is 10.2. The van der Waals surface area contributed by atoms with E-state index in [1.54, 1.807) is 30.3 Å². The Hall–Kier alpha value is -4.78. The van der Waals surface area contributed by atoms with Crippen molar-refractivity contribution in [3.8, 4) is 11.3 Å². The van der Waals surface area contributed by atoms with Gasteiger partial charge in [-0.05, 0) is 42.5 Å². The number of benzene rings is 3. The first-order valence-electron chi connectivity index (χ1n) is 10.2. The molecular formula is C26H17N3O4. The summed E-state index contributed by atoms with van der Waals surface area (Å²) in [5.74, 6) is 0.763. The summed E-state index contributed by atoms with van der Waals surface area (Å²) in [7, 11) is 0. The van der Waals surface area contributed by atoms with Crippen molar-refractivity contribution in [2.75, 3.05) is 5.01 Å². The molecule has 4 aromatic rings. The van der Waals surface area contributed by atoms with Crippen LogP contribution in [0.1, 0.15) is 11.3 Å². The number of non-ortho nitro benzene ring substituents is 1. The quantitative estimate of drug-likeness (QED) is 0.229. The molecule has 0 saturated carbocycles. The Morgan fingerprint density at radius 3 is 2.15 bits per heavy atom. The maximum absolute atomic E-state index is 13.3. The molecule has 1 aliphatic rings. The molecule has 0 unspecified atom stereocenters. The largest absolute Gasteiger partial charge is 0.457 e. The Morgan fingerprint density at radius 2 is 1.48 bits per heavy atom. The lowest BCUT2D eigenvalue weighted by Crippen LogP contribution is -2.21. The highest BCUT2D eigenvalue weighted by Crippen LogP contribution is 2.30. The number of carbonyl (C=O) groups is 1. The van der Waals surface area contributed by atoms with E-state index in [4.69, 9.17) is 4.42 Å². The maximum Gasteiger partial charge on any atom is 0.281 e. The van der Waals surface area contributed by atoms with E-state index in [9.17, 15) is 14.9 Å². The minimum Gasteiger partial charge on any atom is -0.457 e. The van der Waals surface area contributed by atoms with E-state index in [1.807, 2.05) is 60.7 Å². The van der Waals surface area contributed by atoms with E-state index in [0.29, 0.717) is 34.1 Å². The van der Waals surface area contributed by atoms with Gasteiger partial charge in [0.15, 0.2) is 0 Å². The Kier molecular flexibility index (Phi) is 5.12. The third kappa shape index (κ3) is 3.95. The molecule has 0 atom stereocenters. The molecule has 0 N–H and O–H groups in total. The number of furan rings is 1. The summed E-state index contributed by atoms with van der Waals surface area (Å²) in [5, 5.41) is 16.9. The van der Waals surface area contributed by atoms with Crippen molar-refractivity contribution >= 4 is 29.1 Å². The van der Waals surface area contributed by atoms with E-state index < -0.39 is 4.92 Å². The molecule has 3 aromatic carbocycles. The molecule has 1 amide bonds. The molecule has 0 fully saturated rings. The fourth-order valence-corrected chi connectivity index (χ4v) is 3.57. The number of nitro benzene ring substituents is 1. The molecule has 0 bridgehead atoms. The SMILES string of the molecule is O=C1/C(=C/c2ccc(-c3ccc([N+](=O)[O-])cc3)o2)C(c2ccccc2)=NN1c1ccccc1. The van der Waals surface area contributed by atoms with E-state index in [2.05, 4.69) is 5.10 Å². The minimum absolute atomic E-state index is 0.00826. The van der Waals surface area contributed by atoms with Crippen LogP contribution >= 0.6 is 0 Å². The molecule has 0 radical (unpaired) electrons. The third-order valence-corrected chi connectivity index (χ3v) is 5.20. The van der Waals surface area contributed by atoms with E-state index >= 15 is 0 Å². The highest BCUT2D eigenvalue weighted by Gasteiger charge is 2.32. The number of hydrogen-bond acceptors (Lipinski definition) is 5. The summed E-state index contributed by atoms with van der Waals surface area (Å²) in [4.78, 5) is 23.7. The van der Waals surface area contributed by atoms with Gasteiger partial charge in [-0.25, -0.2) is 0 Å². The van der Waals surface area contributed by atoms with E-state index in [0.717, 1.165) is 5.56 Å². The molecule has 7 nitrogen and oxygen atoms in total. The number of amides is 1. The Morgan fingerprint density at radius 1 is 0.818 bits per heavy atom. The minimum atomic E-state index is -0.448. The normalized spacial score (nSPS) is 14.5. The molecule has 0 saturated heterocycles. The fraction of sp³-hybridized carbons (Fsp3) is 0. The van der Waals surface area contributed by atoms with Crippen molar-refractivity contribution in [2.45, 2.75) is 0 Å². The van der Waals surface area contributed by atoms with Gasteiger partial charge < -0.3 is 4.42 Å². The zero-order valence-corrected chi connectivity index (χ0v) is 17.3. The lowest BCUT2D eigenvalue weighted by molar-refractivity contribution is -0.384. The predicted octanol–water partition coefficient (Wildman–Crippen LogP) is 5.69. The number of hydrogen-bond donors (Lipinski definition) is 0. The van der Waals surface area contributed by atoms with Gasteiger partial charge in [0.1, 0.15) is 17.2 Å². The van der Waals surface area contributed by atoms with Crippen molar-refractivity contribution in [3.63, 3.8) is 0 Å². The number of carbonyl (C=O) groups excluding carboxylic acids is 1. The Bertz CT molecular complexity index is 1390. The van der Waals surface area contributed by atoms with Crippen molar-refractivity contribution in [3.05, 3.63) is 124 Å². The van der Waals surface area contributed by atoms with Crippen LogP contribution < -0.4 is 5.01 Å². The average molecular weight is 435 g/mol. The molecule has 2 heterocycles. The van der Waals surface area contributed by atoms with Gasteiger partial charge >= 0.3 is 0 Å². The van der Waals surface area contributed by atoms with Gasteiger partial charge in [-0.15, -0.1) is 0 Å². The van der Waals surface area contributed by atoms with Gasteiger partial charge in [-0.1, -0.05) is 48.5 Å². The summed E-state index contributed by atoms with van der Waals surface area (Å²) in [6.45, 7) is 0. The maximum atomic E-state index is 13.3. The van der Waals surface area contributed by atoms with Crippen LogP contribution in [0, 0.1) is 10.1 Å². The number of rotatable bonds is 5. The second kappa shape index (κ2) is 8.39. The number of nitrogens with zero attached hydrogens (tertiary/aromatic N) is 3. The van der Waals surface area contributed by atoms with Gasteiger partial charge in [-0.2, -0.15) is 10.1 Å². The molecule has 160 valence electrons. The molecule has 33 heavy (non-hydrogen) atoms. The van der Waals surface area contributed by atoms with Crippen LogP contribution in [0.15, 0.2) is 112 Å². The van der Waals surface area contributed by atoms with E-state index in [-0.39, 0.29) is 11.6 Å². The Labute approximate surface area is 189 Å². The smallest absolute Gasteiger partial charge is 0.281 e. The van der Waals surface area contributed by atoms with Crippen molar-refractivity contribution < 1.29 is 14.1 Å². The topological polar surface area (TPSA) is 88.9 Å². The highest BCUT2D eigenvalue weighted by atomic mass is 16.6. The molecule has 7 heteroatoms. The van der Waals surface area contributed by atoms with Gasteiger partial charge in [0.05, 0.1) is 16.2 Å². The standard InChI is InChI=1S/C26H17N3O4/c30-26-23(17-22-15-16-24(33-22)18-11-13-21(14-12-18)29(31)32)25(19-7-3-1-4-8-19)27-28(26)20-9-5-2-6-10-20/h1-17H/b23-17+. The summed E-state index contributed by atoms with van der Waals surface area (Å²) in [6, 6.07) is 28.4. The van der Waals surface area contributed by atoms with Crippen molar-refractivity contribution in [1.29, 1.82) is 0 Å². The molecule has 0 spiro atoms. The second-order valence-corrected chi connectivity index (χ2v) is 7.33.